The summed E-state index contributed by atoms with van der Waals surface area (Å²) >= 11 is 1.83. The average Bonchev–Trinajstić information content (AvgIpc) is 3.34. The van der Waals surface area contributed by atoms with Crippen molar-refractivity contribution in [2.75, 3.05) is 18.0 Å². The molecule has 0 bridgehead atoms. The van der Waals surface area contributed by atoms with E-state index in [2.05, 4.69) is 17.4 Å². The number of benzene rings is 3. The van der Waals surface area contributed by atoms with E-state index in [-0.39, 0.29) is 30.0 Å². The van der Waals surface area contributed by atoms with Gasteiger partial charge in [0.2, 0.25) is 11.8 Å². The quantitative estimate of drug-likeness (QED) is 0.308. The van der Waals surface area contributed by atoms with E-state index in [4.69, 9.17) is 10.00 Å². The lowest BCUT2D eigenvalue weighted by molar-refractivity contribution is -0.434. The van der Waals surface area contributed by atoms with Gasteiger partial charge in [-0.05, 0) is 67.3 Å². The van der Waals surface area contributed by atoms with Gasteiger partial charge in [-0.25, -0.2) is 9.18 Å². The summed E-state index contributed by atoms with van der Waals surface area (Å²) in [6.45, 7) is 2.19. The third kappa shape index (κ3) is 6.32. The largest absolute Gasteiger partial charge is 0.488 e. The van der Waals surface area contributed by atoms with Crippen molar-refractivity contribution in [2.24, 2.45) is 5.92 Å². The highest BCUT2D eigenvalue weighted by molar-refractivity contribution is 8.00. The van der Waals surface area contributed by atoms with Crippen LogP contribution in [0, 0.1) is 23.1 Å². The molecule has 3 heterocycles. The second-order valence-electron chi connectivity index (χ2n) is 10.9. The molecule has 1 atom stereocenters. The molecule has 0 aromatic heterocycles. The van der Waals surface area contributed by atoms with Crippen LogP contribution in [0.3, 0.4) is 0 Å². The number of nitrogens with one attached hydrogen (secondary N) is 1. The molecule has 218 valence electrons. The zero-order valence-electron chi connectivity index (χ0n) is 23.4. The first-order chi connectivity index (χ1) is 20.9. The van der Waals surface area contributed by atoms with E-state index >= 15 is 0 Å². The Hall–Kier alpha value is -4.49. The van der Waals surface area contributed by atoms with Crippen molar-refractivity contribution in [2.45, 2.75) is 49.0 Å². The molecule has 1 N–H and O–H groups in total. The molecule has 3 amide bonds. The number of anilines is 1. The maximum Gasteiger partial charge on any atom is 0.420 e. The minimum atomic E-state index is -0.519. The third-order valence-corrected chi connectivity index (χ3v) is 9.42. The summed E-state index contributed by atoms with van der Waals surface area (Å²) in [5.74, 6) is -1.07. The number of piperidine rings is 2. The molecular weight excluding hydrogens is 567 g/mol. The van der Waals surface area contributed by atoms with Crippen molar-refractivity contribution >= 4 is 41.4 Å². The Bertz CT molecular complexity index is 1660. The van der Waals surface area contributed by atoms with Crippen LogP contribution in [0.4, 0.5) is 10.1 Å². The van der Waals surface area contributed by atoms with Gasteiger partial charge in [0.15, 0.2) is 12.8 Å². The van der Waals surface area contributed by atoms with Gasteiger partial charge in [-0.2, -0.15) is 9.84 Å². The normalized spacial score (nSPS) is 19.7. The smallest absolute Gasteiger partial charge is 0.420 e. The van der Waals surface area contributed by atoms with Crippen LogP contribution in [0.1, 0.15) is 52.7 Å². The lowest BCUT2D eigenvalue weighted by Gasteiger charge is -2.33. The van der Waals surface area contributed by atoms with Gasteiger partial charge in [-0.3, -0.25) is 14.9 Å². The van der Waals surface area contributed by atoms with E-state index in [9.17, 15) is 18.8 Å². The van der Waals surface area contributed by atoms with E-state index < -0.39 is 5.92 Å². The van der Waals surface area contributed by atoms with Crippen LogP contribution < -0.4 is 15.0 Å². The molecule has 43 heavy (non-hydrogen) atoms. The number of amides is 3. The molecule has 3 aliphatic heterocycles. The van der Waals surface area contributed by atoms with Crippen LogP contribution in [-0.4, -0.2) is 46.9 Å². The van der Waals surface area contributed by atoms with Crippen LogP contribution in [0.15, 0.2) is 65.6 Å². The van der Waals surface area contributed by atoms with E-state index in [1.165, 1.54) is 10.6 Å². The molecule has 10 heteroatoms. The number of nitriles is 1. The Balaban J connectivity index is 1.02. The van der Waals surface area contributed by atoms with Crippen molar-refractivity contribution in [3.05, 3.63) is 88.7 Å². The fourth-order valence-corrected chi connectivity index (χ4v) is 6.84. The summed E-state index contributed by atoms with van der Waals surface area (Å²) in [5.41, 5.74) is 3.23. The predicted molar refractivity (Wildman–Crippen MR) is 160 cm³/mol. The lowest BCUT2D eigenvalue weighted by atomic mass is 9.99. The summed E-state index contributed by atoms with van der Waals surface area (Å²) in [5, 5.41) is 11.7. The molecular formula is C33H30FN4O4S+. The van der Waals surface area contributed by atoms with Gasteiger partial charge in [-0.1, -0.05) is 18.2 Å². The highest BCUT2D eigenvalue weighted by Gasteiger charge is 2.38. The van der Waals surface area contributed by atoms with Gasteiger partial charge in [0.05, 0.1) is 22.9 Å². The van der Waals surface area contributed by atoms with Crippen LogP contribution in [0.2, 0.25) is 0 Å². The Morgan fingerprint density at radius 2 is 1.86 bits per heavy atom. The maximum atomic E-state index is 14.4. The van der Waals surface area contributed by atoms with Gasteiger partial charge >= 0.3 is 5.91 Å². The van der Waals surface area contributed by atoms with E-state index in [1.807, 2.05) is 40.9 Å². The molecule has 3 aromatic carbocycles. The minimum absolute atomic E-state index is 0.181. The summed E-state index contributed by atoms with van der Waals surface area (Å²) in [6.07, 6.45) is 4.14. The number of carbonyl (C=O) groups is 3. The number of thioether (sulfide) groups is 1. The number of ether oxygens (including phenoxy) is 1. The number of hydrogen-bond acceptors (Lipinski definition) is 7. The fraction of sp³-hybridized carbons (Fsp3) is 0.303. The molecule has 3 aromatic rings. The van der Waals surface area contributed by atoms with Crippen LogP contribution in [-0.2, 0) is 22.7 Å². The molecule has 3 aliphatic rings. The SMILES string of the molecule is N#Cc1ccc(N2CCC(Sc3ccc(COc4cccc5c4C[N+](=CC4CCC(=O)NC4=O)C5=O)cc3)CC2)c(F)c1. The highest BCUT2D eigenvalue weighted by atomic mass is 32.2. The van der Waals surface area contributed by atoms with Gasteiger partial charge in [0.1, 0.15) is 29.7 Å². The van der Waals surface area contributed by atoms with Crippen molar-refractivity contribution < 1.29 is 28.1 Å². The minimum Gasteiger partial charge on any atom is -0.488 e. The molecule has 0 aliphatic carbocycles. The molecule has 0 saturated carbocycles. The number of fused-ring (bicyclic) bond motifs is 1. The van der Waals surface area contributed by atoms with Crippen molar-refractivity contribution in [3.8, 4) is 11.8 Å². The second kappa shape index (κ2) is 12.4. The summed E-state index contributed by atoms with van der Waals surface area (Å²) < 4.78 is 22.1. The van der Waals surface area contributed by atoms with Crippen LogP contribution in [0.5, 0.6) is 5.75 Å². The van der Waals surface area contributed by atoms with Gasteiger partial charge in [0.25, 0.3) is 0 Å². The standard InChI is InChI=1S/C33H29FN4O4S/c34-28-16-22(17-35)6-10-29(28)37-14-12-25(13-15-37)43-24-8-4-21(5-9-24)20-42-30-3-1-2-26-27(30)19-38(33(26)41)18-23-7-11-31(39)36-32(23)40/h1-6,8-10,16,18,23,25H,7,11-15,19-20H2/p+1. The molecule has 0 spiro atoms. The van der Waals surface area contributed by atoms with Gasteiger partial charge < -0.3 is 9.64 Å². The topological polar surface area (TPSA) is 103 Å². The van der Waals surface area contributed by atoms with E-state index in [0.29, 0.717) is 47.4 Å². The lowest BCUT2D eigenvalue weighted by Crippen LogP contribution is -2.42. The zero-order chi connectivity index (χ0) is 29.9. The molecule has 2 fully saturated rings. The van der Waals surface area contributed by atoms with Gasteiger partial charge in [-0.15, -0.1) is 11.8 Å². The first-order valence-corrected chi connectivity index (χ1v) is 15.2. The molecule has 6 rings (SSSR count). The third-order valence-electron chi connectivity index (χ3n) is 8.07. The number of carbonyl (C=O) groups excluding carboxylic acids is 3. The van der Waals surface area contributed by atoms with E-state index in [1.54, 1.807) is 30.5 Å². The van der Waals surface area contributed by atoms with Crippen LogP contribution in [0.25, 0.3) is 0 Å². The Labute approximate surface area is 253 Å². The number of imide groups is 1. The highest BCUT2D eigenvalue weighted by Crippen LogP contribution is 2.34. The zero-order valence-corrected chi connectivity index (χ0v) is 24.2. The Morgan fingerprint density at radius 1 is 1.07 bits per heavy atom. The monoisotopic (exact) mass is 597 g/mol. The number of halogens is 1. The predicted octanol–water partition coefficient (Wildman–Crippen LogP) is 4.83. The number of nitrogens with zero attached hydrogens (tertiary/aromatic N) is 3. The molecule has 2 saturated heterocycles. The maximum absolute atomic E-state index is 14.4. The Morgan fingerprint density at radius 3 is 2.58 bits per heavy atom. The summed E-state index contributed by atoms with van der Waals surface area (Å²) in [7, 11) is 0. The van der Waals surface area contributed by atoms with E-state index in [0.717, 1.165) is 42.0 Å². The molecule has 0 radical (unpaired) electrons. The summed E-state index contributed by atoms with van der Waals surface area (Å²) in [6, 6.07) is 20.3. The fourth-order valence-electron chi connectivity index (χ4n) is 5.72. The van der Waals surface area contributed by atoms with Gasteiger partial charge in [0, 0.05) is 29.7 Å². The molecule has 8 nitrogen and oxygen atoms in total. The first kappa shape index (κ1) is 28.6. The average molecular weight is 598 g/mol. The number of rotatable bonds is 7. The number of hydrogen-bond donors (Lipinski definition) is 1. The van der Waals surface area contributed by atoms with Crippen molar-refractivity contribution in [3.63, 3.8) is 0 Å². The second-order valence-corrected chi connectivity index (χ2v) is 12.3. The van der Waals surface area contributed by atoms with Crippen molar-refractivity contribution in [1.82, 2.24) is 5.32 Å². The first-order valence-electron chi connectivity index (χ1n) is 14.3. The van der Waals surface area contributed by atoms with Crippen molar-refractivity contribution in [1.29, 1.82) is 5.26 Å². The summed E-state index contributed by atoms with van der Waals surface area (Å²) in [4.78, 5) is 39.9. The molecule has 1 unspecified atom stereocenters. The van der Waals surface area contributed by atoms with Crippen LogP contribution >= 0.6 is 11.8 Å². The Kier molecular flexibility index (Phi) is 8.25.